The summed E-state index contributed by atoms with van der Waals surface area (Å²) in [5.74, 6) is 3.19. The molecule has 0 radical (unpaired) electrons. The van der Waals surface area contributed by atoms with E-state index in [1.807, 2.05) is 13.0 Å². The summed E-state index contributed by atoms with van der Waals surface area (Å²) < 4.78 is 16.3. The maximum absolute atomic E-state index is 5.51. The zero-order valence-corrected chi connectivity index (χ0v) is 15.7. The highest BCUT2D eigenvalue weighted by molar-refractivity contribution is 5.44. The van der Waals surface area contributed by atoms with Crippen LogP contribution in [0.2, 0.25) is 0 Å². The van der Waals surface area contributed by atoms with Gasteiger partial charge in [0.25, 0.3) is 0 Å². The summed E-state index contributed by atoms with van der Waals surface area (Å²) in [5, 5.41) is 4.31. The Morgan fingerprint density at radius 2 is 2.04 bits per heavy atom. The molecule has 0 aliphatic carbocycles. The highest BCUT2D eigenvalue weighted by Gasteiger charge is 2.26. The van der Waals surface area contributed by atoms with Gasteiger partial charge in [-0.05, 0) is 56.3 Å². The molecule has 2 unspecified atom stereocenters. The molecule has 0 amide bonds. The molecule has 2 aliphatic rings. The van der Waals surface area contributed by atoms with E-state index >= 15 is 0 Å². The largest absolute Gasteiger partial charge is 0.454 e. The van der Waals surface area contributed by atoms with Crippen molar-refractivity contribution in [3.63, 3.8) is 0 Å². The van der Waals surface area contributed by atoms with Crippen molar-refractivity contribution in [2.45, 2.75) is 52.0 Å². The quantitative estimate of drug-likeness (QED) is 0.789. The Morgan fingerprint density at radius 3 is 2.88 bits per heavy atom. The molecule has 2 aliphatic heterocycles. The molecule has 1 saturated heterocycles. The van der Waals surface area contributed by atoms with Crippen LogP contribution in [-0.4, -0.2) is 29.9 Å². The highest BCUT2D eigenvalue weighted by atomic mass is 16.7. The maximum Gasteiger partial charge on any atom is 0.231 e. The van der Waals surface area contributed by atoms with Gasteiger partial charge in [-0.3, -0.25) is 4.90 Å². The van der Waals surface area contributed by atoms with Gasteiger partial charge in [0.1, 0.15) is 11.5 Å². The van der Waals surface area contributed by atoms with Crippen molar-refractivity contribution in [1.82, 2.24) is 10.1 Å². The summed E-state index contributed by atoms with van der Waals surface area (Å²) in [6.45, 7) is 6.86. The lowest BCUT2D eigenvalue weighted by molar-refractivity contribution is 0.167. The molecular weight excluding hydrogens is 328 g/mol. The van der Waals surface area contributed by atoms with Gasteiger partial charge in [0.2, 0.25) is 6.79 Å². The predicted molar refractivity (Wildman–Crippen MR) is 99.5 cm³/mol. The summed E-state index contributed by atoms with van der Waals surface area (Å²) >= 11 is 0. The number of aryl methyl sites for hydroxylation is 1. The van der Waals surface area contributed by atoms with Crippen molar-refractivity contribution in [3.05, 3.63) is 41.3 Å². The van der Waals surface area contributed by atoms with Crippen LogP contribution in [0.15, 0.2) is 28.8 Å². The fraction of sp³-hybridized carbons (Fsp3) is 0.571. The summed E-state index contributed by atoms with van der Waals surface area (Å²) in [4.78, 5) is 2.61. The Morgan fingerprint density at radius 1 is 1.15 bits per heavy atom. The molecule has 2 aromatic rings. The highest BCUT2D eigenvalue weighted by Crippen LogP contribution is 2.34. The molecule has 1 aromatic heterocycles. The van der Waals surface area contributed by atoms with E-state index in [1.54, 1.807) is 0 Å². The van der Waals surface area contributed by atoms with Gasteiger partial charge in [-0.2, -0.15) is 0 Å². The molecule has 5 nitrogen and oxygen atoms in total. The van der Waals surface area contributed by atoms with Gasteiger partial charge in [0, 0.05) is 12.6 Å². The number of aromatic nitrogens is 1. The SMILES string of the molecule is Cc1cc(C2CCCCCN2CC(C)Cc2ccc3c(c2)OCO3)no1. The smallest absolute Gasteiger partial charge is 0.231 e. The fourth-order valence-electron chi connectivity index (χ4n) is 4.20. The zero-order chi connectivity index (χ0) is 17.9. The van der Waals surface area contributed by atoms with Gasteiger partial charge in [0.15, 0.2) is 11.5 Å². The van der Waals surface area contributed by atoms with E-state index in [1.165, 1.54) is 31.2 Å². The average molecular weight is 356 g/mol. The Kier molecular flexibility index (Phi) is 5.16. The van der Waals surface area contributed by atoms with Gasteiger partial charge in [-0.15, -0.1) is 0 Å². The lowest BCUT2D eigenvalue weighted by Gasteiger charge is -2.31. The molecule has 5 heteroatoms. The molecule has 0 spiro atoms. The fourth-order valence-corrected chi connectivity index (χ4v) is 4.20. The second-order valence-corrected chi connectivity index (χ2v) is 7.72. The van der Waals surface area contributed by atoms with E-state index in [2.05, 4.69) is 35.2 Å². The van der Waals surface area contributed by atoms with Crippen molar-refractivity contribution < 1.29 is 14.0 Å². The first-order chi connectivity index (χ1) is 12.7. The molecule has 4 rings (SSSR count). The molecular formula is C21H28N2O3. The molecule has 0 N–H and O–H groups in total. The minimum absolute atomic E-state index is 0.334. The third kappa shape index (κ3) is 3.88. The summed E-state index contributed by atoms with van der Waals surface area (Å²) in [7, 11) is 0. The second-order valence-electron chi connectivity index (χ2n) is 7.72. The van der Waals surface area contributed by atoms with Crippen LogP contribution in [-0.2, 0) is 6.42 Å². The van der Waals surface area contributed by atoms with E-state index in [0.717, 1.165) is 42.5 Å². The Balaban J connectivity index is 1.43. The number of benzene rings is 1. The predicted octanol–water partition coefficient (Wildman–Crippen LogP) is 4.51. The van der Waals surface area contributed by atoms with Gasteiger partial charge >= 0.3 is 0 Å². The lowest BCUT2D eigenvalue weighted by Crippen LogP contribution is -2.33. The number of fused-ring (bicyclic) bond motifs is 1. The van der Waals surface area contributed by atoms with Crippen molar-refractivity contribution in [2.24, 2.45) is 5.92 Å². The Bertz CT molecular complexity index is 743. The summed E-state index contributed by atoms with van der Waals surface area (Å²) in [6, 6.07) is 8.79. The van der Waals surface area contributed by atoms with Crippen LogP contribution in [0.25, 0.3) is 0 Å². The molecule has 1 fully saturated rings. The zero-order valence-electron chi connectivity index (χ0n) is 15.7. The summed E-state index contributed by atoms with van der Waals surface area (Å²) in [5.41, 5.74) is 2.41. The Labute approximate surface area is 155 Å². The monoisotopic (exact) mass is 356 g/mol. The summed E-state index contributed by atoms with van der Waals surface area (Å²) in [6.07, 6.45) is 6.05. The van der Waals surface area contributed by atoms with Gasteiger partial charge in [0.05, 0.1) is 6.04 Å². The van der Waals surface area contributed by atoms with E-state index in [4.69, 9.17) is 14.0 Å². The standard InChI is InChI=1S/C21H28N2O3/c1-15(10-17-7-8-20-21(12-17)25-14-24-20)13-23-9-5-3-4-6-19(23)18-11-16(2)26-22-18/h7-8,11-12,15,19H,3-6,9-10,13-14H2,1-2H3. The molecule has 0 bridgehead atoms. The van der Waals surface area contributed by atoms with E-state index in [9.17, 15) is 0 Å². The van der Waals surface area contributed by atoms with Crippen LogP contribution in [0.3, 0.4) is 0 Å². The lowest BCUT2D eigenvalue weighted by atomic mass is 9.98. The molecule has 1 aromatic carbocycles. The maximum atomic E-state index is 5.51. The van der Waals surface area contributed by atoms with Gasteiger partial charge in [-0.1, -0.05) is 31.0 Å². The van der Waals surface area contributed by atoms with Gasteiger partial charge < -0.3 is 14.0 Å². The number of ether oxygens (including phenoxy) is 2. The first-order valence-electron chi connectivity index (χ1n) is 9.75. The van der Waals surface area contributed by atoms with Crippen LogP contribution in [0.4, 0.5) is 0 Å². The number of nitrogens with zero attached hydrogens (tertiary/aromatic N) is 2. The van der Waals surface area contributed by atoms with E-state index < -0.39 is 0 Å². The van der Waals surface area contributed by atoms with Gasteiger partial charge in [-0.25, -0.2) is 0 Å². The molecule has 26 heavy (non-hydrogen) atoms. The Hall–Kier alpha value is -2.01. The number of rotatable bonds is 5. The van der Waals surface area contributed by atoms with Crippen LogP contribution in [0.1, 0.15) is 55.7 Å². The first-order valence-corrected chi connectivity index (χ1v) is 9.75. The number of hydrogen-bond donors (Lipinski definition) is 0. The first kappa shape index (κ1) is 17.4. The third-order valence-electron chi connectivity index (χ3n) is 5.42. The second kappa shape index (κ2) is 7.70. The number of hydrogen-bond acceptors (Lipinski definition) is 5. The third-order valence-corrected chi connectivity index (χ3v) is 5.42. The molecule has 3 heterocycles. The topological polar surface area (TPSA) is 47.7 Å². The average Bonchev–Trinajstić information content (AvgIpc) is 3.19. The minimum atomic E-state index is 0.334. The molecule has 2 atom stereocenters. The van der Waals surface area contributed by atoms with Crippen molar-refractivity contribution in [1.29, 1.82) is 0 Å². The molecule has 140 valence electrons. The molecule has 0 saturated carbocycles. The van der Waals surface area contributed by atoms with E-state index in [-0.39, 0.29) is 0 Å². The van der Waals surface area contributed by atoms with Crippen LogP contribution >= 0.6 is 0 Å². The van der Waals surface area contributed by atoms with E-state index in [0.29, 0.717) is 18.8 Å². The van der Waals surface area contributed by atoms with Crippen molar-refractivity contribution >= 4 is 0 Å². The van der Waals surface area contributed by atoms with Crippen LogP contribution < -0.4 is 9.47 Å². The van der Waals surface area contributed by atoms with Crippen LogP contribution in [0.5, 0.6) is 11.5 Å². The van der Waals surface area contributed by atoms with Crippen molar-refractivity contribution in [2.75, 3.05) is 19.9 Å². The minimum Gasteiger partial charge on any atom is -0.454 e. The normalized spacial score (nSPS) is 21.5. The van der Waals surface area contributed by atoms with Crippen molar-refractivity contribution in [3.8, 4) is 11.5 Å². The number of likely N-dealkylation sites (tertiary alicyclic amines) is 1. The van der Waals surface area contributed by atoms with Crippen LogP contribution in [0, 0.1) is 12.8 Å².